The summed E-state index contributed by atoms with van der Waals surface area (Å²) in [6, 6.07) is 13.6. The summed E-state index contributed by atoms with van der Waals surface area (Å²) in [7, 11) is -3.52. The molecule has 0 amide bonds. The summed E-state index contributed by atoms with van der Waals surface area (Å²) in [5.74, 6) is 0.898. The summed E-state index contributed by atoms with van der Waals surface area (Å²) in [5.41, 5.74) is -0.322. The number of aromatic nitrogens is 4. The number of sulfonamides is 1. The molecule has 0 saturated carbocycles. The van der Waals surface area contributed by atoms with Crippen LogP contribution in [0.1, 0.15) is 0 Å². The second-order valence-electron chi connectivity index (χ2n) is 5.58. The first kappa shape index (κ1) is 18.8. The van der Waals surface area contributed by atoms with Gasteiger partial charge < -0.3 is 4.74 Å². The molecule has 0 aliphatic rings. The van der Waals surface area contributed by atoms with Gasteiger partial charge in [-0.15, -0.1) is 5.10 Å². The number of nitrogens with zero attached hydrogens (tertiary/aromatic N) is 4. The SMILES string of the molecule is O=c1ccc(-n2cccn2)nn1CCNS(=O)(=O)CCOc1ccccc1. The van der Waals surface area contributed by atoms with Gasteiger partial charge in [0.2, 0.25) is 10.0 Å². The van der Waals surface area contributed by atoms with Gasteiger partial charge in [-0.3, -0.25) is 4.79 Å². The smallest absolute Gasteiger partial charge is 0.266 e. The van der Waals surface area contributed by atoms with Gasteiger partial charge in [-0.05, 0) is 24.3 Å². The van der Waals surface area contributed by atoms with Gasteiger partial charge in [0.05, 0.1) is 12.3 Å². The molecule has 10 heteroatoms. The Kier molecular flexibility index (Phi) is 5.99. The molecule has 3 aromatic rings. The number of nitrogens with one attached hydrogen (secondary N) is 1. The van der Waals surface area contributed by atoms with Crippen molar-refractivity contribution < 1.29 is 13.2 Å². The first-order valence-corrected chi connectivity index (χ1v) is 9.92. The molecular weight excluding hydrogens is 370 g/mol. The minimum atomic E-state index is -3.52. The van der Waals surface area contributed by atoms with E-state index in [1.54, 1.807) is 36.7 Å². The van der Waals surface area contributed by atoms with E-state index >= 15 is 0 Å². The van der Waals surface area contributed by atoms with Gasteiger partial charge in [-0.1, -0.05) is 18.2 Å². The average Bonchev–Trinajstić information content (AvgIpc) is 3.19. The molecule has 0 saturated heterocycles. The van der Waals surface area contributed by atoms with Gasteiger partial charge in [0, 0.05) is 25.0 Å². The third-order valence-electron chi connectivity index (χ3n) is 3.60. The topological polar surface area (TPSA) is 108 Å². The predicted octanol–water partition coefficient (Wildman–Crippen LogP) is 0.427. The van der Waals surface area contributed by atoms with Gasteiger partial charge >= 0.3 is 0 Å². The van der Waals surface area contributed by atoms with Crippen LogP contribution in [0.4, 0.5) is 0 Å². The van der Waals surface area contributed by atoms with E-state index in [1.165, 1.54) is 15.4 Å². The summed E-state index contributed by atoms with van der Waals surface area (Å²) in [6.07, 6.45) is 3.30. The average molecular weight is 389 g/mol. The maximum Gasteiger partial charge on any atom is 0.266 e. The molecule has 0 spiro atoms. The van der Waals surface area contributed by atoms with Crippen LogP contribution in [-0.2, 0) is 16.6 Å². The molecule has 0 radical (unpaired) electrons. The molecule has 0 aliphatic heterocycles. The second kappa shape index (κ2) is 8.60. The molecule has 1 aromatic carbocycles. The van der Waals surface area contributed by atoms with E-state index in [1.807, 2.05) is 18.2 Å². The van der Waals surface area contributed by atoms with Gasteiger partial charge in [-0.2, -0.15) is 5.10 Å². The van der Waals surface area contributed by atoms with Crippen molar-refractivity contribution in [3.63, 3.8) is 0 Å². The van der Waals surface area contributed by atoms with E-state index in [0.717, 1.165) is 0 Å². The van der Waals surface area contributed by atoms with Crippen molar-refractivity contribution in [1.29, 1.82) is 0 Å². The minimum Gasteiger partial charge on any atom is -0.492 e. The highest BCUT2D eigenvalue weighted by atomic mass is 32.2. The van der Waals surface area contributed by atoms with E-state index in [2.05, 4.69) is 14.9 Å². The van der Waals surface area contributed by atoms with Crippen molar-refractivity contribution in [2.45, 2.75) is 6.54 Å². The van der Waals surface area contributed by atoms with Crippen molar-refractivity contribution in [1.82, 2.24) is 24.3 Å². The summed E-state index contributed by atoms with van der Waals surface area (Å²) >= 11 is 0. The van der Waals surface area contributed by atoms with Crippen LogP contribution in [0.25, 0.3) is 5.82 Å². The Hall–Kier alpha value is -2.98. The number of benzene rings is 1. The van der Waals surface area contributed by atoms with Crippen LogP contribution in [0, 0.1) is 0 Å². The molecule has 0 fully saturated rings. The fraction of sp³-hybridized carbons (Fsp3) is 0.235. The van der Waals surface area contributed by atoms with Crippen molar-refractivity contribution >= 4 is 10.0 Å². The van der Waals surface area contributed by atoms with Crippen molar-refractivity contribution in [2.75, 3.05) is 18.9 Å². The van der Waals surface area contributed by atoms with Crippen molar-refractivity contribution in [3.05, 3.63) is 71.3 Å². The van der Waals surface area contributed by atoms with Crippen molar-refractivity contribution in [3.8, 4) is 11.6 Å². The Morgan fingerprint density at radius 3 is 2.63 bits per heavy atom. The standard InChI is InChI=1S/C17H19N5O4S/c23-17-8-7-16(21-11-4-9-18-21)20-22(17)12-10-19-27(24,25)14-13-26-15-5-2-1-3-6-15/h1-9,11,19H,10,12-14H2. The normalized spacial score (nSPS) is 11.4. The Labute approximate surface area is 156 Å². The molecule has 3 rings (SSSR count). The fourth-order valence-corrected chi connectivity index (χ4v) is 3.14. The Bertz CT molecular complexity index is 1020. The lowest BCUT2D eigenvalue weighted by Crippen LogP contribution is -2.34. The Morgan fingerprint density at radius 2 is 1.89 bits per heavy atom. The molecule has 9 nitrogen and oxygen atoms in total. The molecule has 0 atom stereocenters. The Morgan fingerprint density at radius 1 is 1.07 bits per heavy atom. The van der Waals surface area contributed by atoms with Crippen LogP contribution in [-0.4, -0.2) is 46.9 Å². The monoisotopic (exact) mass is 389 g/mol. The maximum atomic E-state index is 12.0. The third kappa shape index (κ3) is 5.50. The zero-order valence-corrected chi connectivity index (χ0v) is 15.2. The van der Waals surface area contributed by atoms with E-state index < -0.39 is 10.0 Å². The molecule has 142 valence electrons. The lowest BCUT2D eigenvalue weighted by Gasteiger charge is -2.10. The van der Waals surface area contributed by atoms with Crippen LogP contribution in [0.3, 0.4) is 0 Å². The zero-order chi connectivity index (χ0) is 19.1. The zero-order valence-electron chi connectivity index (χ0n) is 14.4. The number of hydrogen-bond acceptors (Lipinski definition) is 6. The predicted molar refractivity (Wildman–Crippen MR) is 99.3 cm³/mol. The van der Waals surface area contributed by atoms with Crippen LogP contribution >= 0.6 is 0 Å². The van der Waals surface area contributed by atoms with Crippen LogP contribution in [0.5, 0.6) is 5.75 Å². The molecule has 27 heavy (non-hydrogen) atoms. The molecule has 1 N–H and O–H groups in total. The molecule has 2 heterocycles. The first-order chi connectivity index (χ1) is 13.0. The largest absolute Gasteiger partial charge is 0.492 e. The second-order valence-corrected chi connectivity index (χ2v) is 7.50. The molecule has 2 aromatic heterocycles. The number of rotatable bonds is 9. The fourth-order valence-electron chi connectivity index (χ4n) is 2.29. The summed E-state index contributed by atoms with van der Waals surface area (Å²) in [4.78, 5) is 11.9. The van der Waals surface area contributed by atoms with E-state index in [9.17, 15) is 13.2 Å². The van der Waals surface area contributed by atoms with Crippen LogP contribution in [0.15, 0.2) is 65.7 Å². The molecule has 0 aliphatic carbocycles. The summed E-state index contributed by atoms with van der Waals surface area (Å²) < 4.78 is 34.6. The molecular formula is C17H19N5O4S. The van der Waals surface area contributed by atoms with E-state index in [4.69, 9.17) is 4.74 Å². The highest BCUT2D eigenvalue weighted by molar-refractivity contribution is 7.89. The molecule has 0 unspecified atom stereocenters. The summed E-state index contributed by atoms with van der Waals surface area (Å²) in [5, 5.41) is 8.23. The number of para-hydroxylation sites is 1. The Balaban J connectivity index is 1.51. The van der Waals surface area contributed by atoms with E-state index in [-0.39, 0.29) is 31.0 Å². The molecule has 0 bridgehead atoms. The van der Waals surface area contributed by atoms with Gasteiger partial charge in [-0.25, -0.2) is 22.5 Å². The lowest BCUT2D eigenvalue weighted by atomic mass is 10.3. The lowest BCUT2D eigenvalue weighted by molar-refractivity contribution is 0.340. The van der Waals surface area contributed by atoms with E-state index in [0.29, 0.717) is 11.6 Å². The third-order valence-corrected chi connectivity index (χ3v) is 4.95. The minimum absolute atomic E-state index is 0.0341. The van der Waals surface area contributed by atoms with Gasteiger partial charge in [0.25, 0.3) is 5.56 Å². The summed E-state index contributed by atoms with van der Waals surface area (Å²) in [6.45, 7) is 0.183. The van der Waals surface area contributed by atoms with Gasteiger partial charge in [0.1, 0.15) is 12.4 Å². The number of hydrogen-bond donors (Lipinski definition) is 1. The highest BCUT2D eigenvalue weighted by Crippen LogP contribution is 2.07. The highest BCUT2D eigenvalue weighted by Gasteiger charge is 2.11. The quantitative estimate of drug-likeness (QED) is 0.568. The van der Waals surface area contributed by atoms with Crippen LogP contribution in [0.2, 0.25) is 0 Å². The van der Waals surface area contributed by atoms with Crippen molar-refractivity contribution in [2.24, 2.45) is 0 Å². The van der Waals surface area contributed by atoms with Crippen LogP contribution < -0.4 is 15.0 Å². The number of ether oxygens (including phenoxy) is 1. The first-order valence-electron chi connectivity index (χ1n) is 8.27. The maximum absolute atomic E-state index is 12.0. The van der Waals surface area contributed by atoms with Gasteiger partial charge in [0.15, 0.2) is 5.82 Å².